The molecule has 0 atom stereocenters. The summed E-state index contributed by atoms with van der Waals surface area (Å²) in [5.41, 5.74) is -5.62. The number of hydrogen-bond acceptors (Lipinski definition) is 8. The second kappa shape index (κ2) is 7.35. The van der Waals surface area contributed by atoms with E-state index in [4.69, 9.17) is 18.9 Å². The van der Waals surface area contributed by atoms with Crippen molar-refractivity contribution in [3.8, 4) is 39.9 Å². The lowest BCUT2D eigenvalue weighted by molar-refractivity contribution is -0.0500. The second-order valence-electron chi connectivity index (χ2n) is 5.57. The van der Waals surface area contributed by atoms with Crippen molar-refractivity contribution in [1.29, 1.82) is 0 Å². The van der Waals surface area contributed by atoms with E-state index in [2.05, 4.69) is 4.18 Å². The van der Waals surface area contributed by atoms with Gasteiger partial charge in [-0.15, -0.1) is 0 Å². The minimum atomic E-state index is -6.06. The number of carbonyl (C=O) groups is 1. The van der Waals surface area contributed by atoms with Gasteiger partial charge in [0, 0.05) is 5.56 Å². The highest BCUT2D eigenvalue weighted by atomic mass is 32.2. The van der Waals surface area contributed by atoms with Gasteiger partial charge in [-0.2, -0.15) is 21.6 Å². The molecule has 29 heavy (non-hydrogen) atoms. The van der Waals surface area contributed by atoms with Crippen molar-refractivity contribution in [3.05, 3.63) is 29.8 Å². The van der Waals surface area contributed by atoms with Crippen LogP contribution in [-0.2, 0) is 10.1 Å². The summed E-state index contributed by atoms with van der Waals surface area (Å²) in [4.78, 5) is 11.6. The van der Waals surface area contributed by atoms with Gasteiger partial charge in [0.25, 0.3) is 0 Å². The Kier molecular flexibility index (Phi) is 5.22. The van der Waals surface area contributed by atoms with Crippen molar-refractivity contribution in [1.82, 2.24) is 0 Å². The number of benzene rings is 2. The highest BCUT2D eigenvalue weighted by molar-refractivity contribution is 7.88. The molecular formula is C17H13F3O8S. The number of alkyl halides is 3. The first-order chi connectivity index (χ1) is 13.6. The van der Waals surface area contributed by atoms with Crippen molar-refractivity contribution in [2.24, 2.45) is 0 Å². The van der Waals surface area contributed by atoms with E-state index in [1.807, 2.05) is 0 Å². The number of rotatable bonds is 6. The minimum absolute atomic E-state index is 0.0148. The fraction of sp³-hybridized carbons (Fsp3) is 0.235. The summed E-state index contributed by atoms with van der Waals surface area (Å²) in [5.74, 6) is -0.704. The zero-order valence-corrected chi connectivity index (χ0v) is 15.7. The van der Waals surface area contributed by atoms with Crippen LogP contribution in [0.15, 0.2) is 24.3 Å². The minimum Gasteiger partial charge on any atom is -0.495 e. The largest absolute Gasteiger partial charge is 0.534 e. The number of methoxy groups -OCH3 is 2. The molecular weight excluding hydrogens is 421 g/mol. The number of fused-ring (bicyclic) bond motifs is 1. The van der Waals surface area contributed by atoms with Crippen molar-refractivity contribution < 1.29 is 49.5 Å². The van der Waals surface area contributed by atoms with E-state index in [-0.39, 0.29) is 24.4 Å². The van der Waals surface area contributed by atoms with Crippen LogP contribution in [0, 0.1) is 0 Å². The summed E-state index contributed by atoms with van der Waals surface area (Å²) in [6.07, 6.45) is 0.110. The molecule has 1 aliphatic rings. The summed E-state index contributed by atoms with van der Waals surface area (Å²) in [6, 6.07) is 5.92. The topological polar surface area (TPSA) is 97.4 Å². The SMILES string of the molecule is COc1cc(-c2ccc3c(c2)OCO3)c(OC)c(C=O)c1OS(=O)(=O)C(F)(F)F. The number of aldehydes is 1. The molecule has 8 nitrogen and oxygen atoms in total. The van der Waals surface area contributed by atoms with E-state index in [1.54, 1.807) is 18.2 Å². The molecule has 1 heterocycles. The fourth-order valence-corrected chi connectivity index (χ4v) is 3.13. The third-order valence-corrected chi connectivity index (χ3v) is 4.89. The van der Waals surface area contributed by atoms with E-state index >= 15 is 0 Å². The van der Waals surface area contributed by atoms with Crippen molar-refractivity contribution in [3.63, 3.8) is 0 Å². The summed E-state index contributed by atoms with van der Waals surface area (Å²) in [7, 11) is -3.82. The van der Waals surface area contributed by atoms with Gasteiger partial charge in [0.15, 0.2) is 29.3 Å². The van der Waals surface area contributed by atoms with Crippen molar-refractivity contribution in [2.45, 2.75) is 5.51 Å². The molecule has 156 valence electrons. The maximum atomic E-state index is 12.7. The normalized spacial score (nSPS) is 13.1. The van der Waals surface area contributed by atoms with Crippen LogP contribution in [0.1, 0.15) is 10.4 Å². The Morgan fingerprint density at radius 1 is 1.03 bits per heavy atom. The molecule has 0 spiro atoms. The van der Waals surface area contributed by atoms with E-state index < -0.39 is 32.7 Å². The predicted octanol–water partition coefficient (Wildman–Crippen LogP) is 3.14. The lowest BCUT2D eigenvalue weighted by atomic mass is 9.99. The Labute approximate surface area is 162 Å². The Bertz CT molecular complexity index is 1060. The van der Waals surface area contributed by atoms with E-state index in [0.717, 1.165) is 14.2 Å². The van der Waals surface area contributed by atoms with Crippen molar-refractivity contribution >= 4 is 16.4 Å². The van der Waals surface area contributed by atoms with Gasteiger partial charge in [-0.3, -0.25) is 4.79 Å². The molecule has 0 aliphatic carbocycles. The van der Waals surface area contributed by atoms with Crippen LogP contribution in [0.3, 0.4) is 0 Å². The quantitative estimate of drug-likeness (QED) is 0.389. The Hall–Kier alpha value is -3.15. The summed E-state index contributed by atoms with van der Waals surface area (Å²) >= 11 is 0. The van der Waals surface area contributed by atoms with Gasteiger partial charge in [0.2, 0.25) is 6.79 Å². The Morgan fingerprint density at radius 3 is 2.31 bits per heavy atom. The molecule has 0 aromatic heterocycles. The van der Waals surface area contributed by atoms with E-state index in [9.17, 15) is 26.4 Å². The number of carbonyl (C=O) groups excluding carboxylic acids is 1. The monoisotopic (exact) mass is 434 g/mol. The zero-order chi connectivity index (χ0) is 21.4. The van der Waals surface area contributed by atoms with Crippen LogP contribution in [0.4, 0.5) is 13.2 Å². The highest BCUT2D eigenvalue weighted by Crippen LogP contribution is 2.47. The first kappa shape index (κ1) is 20.6. The van der Waals surface area contributed by atoms with Crippen LogP contribution < -0.4 is 23.1 Å². The molecule has 12 heteroatoms. The van der Waals surface area contributed by atoms with Gasteiger partial charge in [0.1, 0.15) is 11.3 Å². The average molecular weight is 434 g/mol. The standard InChI is InChI=1S/C17H13F3O8S/c1-24-14-6-10(9-3-4-12-13(5-9)27-8-26-12)15(25-2)11(7-21)16(14)28-29(22,23)17(18,19)20/h3-7H,8H2,1-2H3. The van der Waals surface area contributed by atoms with Crippen molar-refractivity contribution in [2.75, 3.05) is 21.0 Å². The van der Waals surface area contributed by atoms with Gasteiger partial charge < -0.3 is 23.1 Å². The average Bonchev–Trinajstić information content (AvgIpc) is 3.13. The first-order valence-electron chi connectivity index (χ1n) is 7.78. The third kappa shape index (κ3) is 3.62. The highest BCUT2D eigenvalue weighted by Gasteiger charge is 2.49. The molecule has 1 aliphatic heterocycles. The molecule has 3 rings (SSSR count). The smallest absolute Gasteiger partial charge is 0.495 e. The zero-order valence-electron chi connectivity index (χ0n) is 14.9. The molecule has 0 N–H and O–H groups in total. The number of ether oxygens (including phenoxy) is 4. The molecule has 0 radical (unpaired) electrons. The maximum absolute atomic E-state index is 12.7. The van der Waals surface area contributed by atoms with Gasteiger partial charge in [-0.25, -0.2) is 0 Å². The molecule has 0 unspecified atom stereocenters. The second-order valence-corrected chi connectivity index (χ2v) is 7.11. The maximum Gasteiger partial charge on any atom is 0.534 e. The summed E-state index contributed by atoms with van der Waals surface area (Å²) in [5, 5.41) is 0. The first-order valence-corrected chi connectivity index (χ1v) is 9.18. The number of halogens is 3. The molecule has 0 saturated heterocycles. The third-order valence-electron chi connectivity index (χ3n) is 3.94. The van der Waals surface area contributed by atoms with Crippen LogP contribution in [0.2, 0.25) is 0 Å². The van der Waals surface area contributed by atoms with Crippen LogP contribution >= 0.6 is 0 Å². The van der Waals surface area contributed by atoms with Crippen LogP contribution in [0.25, 0.3) is 11.1 Å². The molecule has 2 aromatic rings. The molecule has 2 aromatic carbocycles. The summed E-state index contributed by atoms with van der Waals surface area (Å²) < 4.78 is 86.0. The molecule has 0 fully saturated rings. The van der Waals surface area contributed by atoms with Gasteiger partial charge in [-0.05, 0) is 23.8 Å². The van der Waals surface area contributed by atoms with Gasteiger partial charge in [0.05, 0.1) is 14.2 Å². The predicted molar refractivity (Wildman–Crippen MR) is 92.1 cm³/mol. The van der Waals surface area contributed by atoms with E-state index in [1.165, 1.54) is 6.07 Å². The fourth-order valence-electron chi connectivity index (χ4n) is 2.64. The lowest BCUT2D eigenvalue weighted by Gasteiger charge is -2.19. The van der Waals surface area contributed by atoms with Gasteiger partial charge in [-0.1, -0.05) is 6.07 Å². The number of hydrogen-bond donors (Lipinski definition) is 0. The molecule has 0 bridgehead atoms. The van der Waals surface area contributed by atoms with Crippen LogP contribution in [0.5, 0.6) is 28.7 Å². The van der Waals surface area contributed by atoms with Gasteiger partial charge >= 0.3 is 15.6 Å². The molecule has 0 amide bonds. The molecule has 0 saturated carbocycles. The van der Waals surface area contributed by atoms with Crippen LogP contribution in [-0.4, -0.2) is 41.2 Å². The van der Waals surface area contributed by atoms with E-state index in [0.29, 0.717) is 17.1 Å². The lowest BCUT2D eigenvalue weighted by Crippen LogP contribution is -2.28. The Morgan fingerprint density at radius 2 is 1.72 bits per heavy atom. The Balaban J connectivity index is 2.22. The summed E-state index contributed by atoms with van der Waals surface area (Å²) in [6.45, 7) is 0.0148.